The summed E-state index contributed by atoms with van der Waals surface area (Å²) in [6.07, 6.45) is 3.66. The fourth-order valence-corrected chi connectivity index (χ4v) is 3.68. The number of carbonyl (C=O) groups excluding carboxylic acids is 3. The highest BCUT2D eigenvalue weighted by atomic mass is 16.6. The molecule has 0 spiro atoms. The monoisotopic (exact) mass is 518 g/mol. The summed E-state index contributed by atoms with van der Waals surface area (Å²) in [7, 11) is 0. The van der Waals surface area contributed by atoms with E-state index in [0.717, 1.165) is 42.4 Å². The van der Waals surface area contributed by atoms with Gasteiger partial charge in [0, 0.05) is 11.1 Å². The Labute approximate surface area is 226 Å². The average molecular weight is 519 g/mol. The van der Waals surface area contributed by atoms with Gasteiger partial charge in [0.15, 0.2) is 11.5 Å². The minimum Gasteiger partial charge on any atom is -0.423 e. The molecule has 38 heavy (non-hydrogen) atoms. The van der Waals surface area contributed by atoms with E-state index in [1.54, 1.807) is 52.0 Å². The van der Waals surface area contributed by atoms with Crippen LogP contribution in [0, 0.1) is 5.92 Å². The molecule has 0 bridgehead atoms. The molecule has 6 nitrogen and oxygen atoms in total. The molecule has 0 N–H and O–H groups in total. The van der Waals surface area contributed by atoms with Crippen LogP contribution in [0.5, 0.6) is 17.2 Å². The number of ether oxygens (including phenoxy) is 3. The first kappa shape index (κ1) is 30.3. The molecular formula is C32H38O6. The number of benzene rings is 2. The molecular weight excluding hydrogens is 480 g/mol. The van der Waals surface area contributed by atoms with Gasteiger partial charge < -0.3 is 14.2 Å². The van der Waals surface area contributed by atoms with E-state index in [0.29, 0.717) is 11.3 Å². The van der Waals surface area contributed by atoms with Crippen molar-refractivity contribution in [2.24, 2.45) is 5.92 Å². The minimum atomic E-state index is -0.611. The molecule has 0 aromatic heterocycles. The van der Waals surface area contributed by atoms with Crippen LogP contribution in [0.25, 0.3) is 5.57 Å². The second-order valence-corrected chi connectivity index (χ2v) is 9.58. The molecule has 0 heterocycles. The second-order valence-electron chi connectivity index (χ2n) is 9.58. The Bertz CT molecular complexity index is 1220. The summed E-state index contributed by atoms with van der Waals surface area (Å²) >= 11 is 0. The Balaban J connectivity index is 2.67. The molecule has 0 saturated carbocycles. The number of hydrogen-bond donors (Lipinski definition) is 0. The van der Waals surface area contributed by atoms with Gasteiger partial charge in [-0.25, -0.2) is 9.59 Å². The van der Waals surface area contributed by atoms with Crippen molar-refractivity contribution < 1.29 is 28.6 Å². The quantitative estimate of drug-likeness (QED) is 0.163. The van der Waals surface area contributed by atoms with Gasteiger partial charge in [0.1, 0.15) is 5.75 Å². The summed E-state index contributed by atoms with van der Waals surface area (Å²) < 4.78 is 16.5. The van der Waals surface area contributed by atoms with Gasteiger partial charge in [0.05, 0.1) is 5.92 Å². The van der Waals surface area contributed by atoms with Gasteiger partial charge in [0.2, 0.25) is 0 Å². The van der Waals surface area contributed by atoms with Crippen LogP contribution in [0.1, 0.15) is 78.4 Å². The smallest absolute Gasteiger partial charge is 0.338 e. The predicted molar refractivity (Wildman–Crippen MR) is 150 cm³/mol. The molecule has 2 aromatic carbocycles. The zero-order valence-corrected chi connectivity index (χ0v) is 23.3. The summed E-state index contributed by atoms with van der Waals surface area (Å²) in [5, 5.41) is 0. The topological polar surface area (TPSA) is 78.9 Å². The summed E-state index contributed by atoms with van der Waals surface area (Å²) in [6, 6.07) is 12.5. The molecule has 0 saturated heterocycles. The lowest BCUT2D eigenvalue weighted by atomic mass is 9.88. The summed E-state index contributed by atoms with van der Waals surface area (Å²) in [4.78, 5) is 36.7. The van der Waals surface area contributed by atoms with Crippen LogP contribution in [-0.4, -0.2) is 17.9 Å². The fourth-order valence-electron chi connectivity index (χ4n) is 3.68. The van der Waals surface area contributed by atoms with E-state index in [1.165, 1.54) is 5.57 Å². The highest BCUT2D eigenvalue weighted by Gasteiger charge is 2.20. The minimum absolute atomic E-state index is 0.140. The van der Waals surface area contributed by atoms with E-state index in [1.807, 2.05) is 18.2 Å². The third-order valence-electron chi connectivity index (χ3n) is 5.62. The summed E-state index contributed by atoms with van der Waals surface area (Å²) in [5.41, 5.74) is 4.50. The van der Waals surface area contributed by atoms with Gasteiger partial charge in [-0.3, -0.25) is 4.79 Å². The first-order valence-corrected chi connectivity index (χ1v) is 12.9. The summed E-state index contributed by atoms with van der Waals surface area (Å²) in [5.74, 6) is -1.16. The molecule has 0 atom stereocenters. The molecule has 2 aromatic rings. The van der Waals surface area contributed by atoms with Crippen LogP contribution in [0.15, 0.2) is 72.3 Å². The first-order valence-electron chi connectivity index (χ1n) is 12.9. The van der Waals surface area contributed by atoms with Crippen molar-refractivity contribution in [2.45, 2.75) is 67.2 Å². The molecule has 0 radical (unpaired) electrons. The normalized spacial score (nSPS) is 10.5. The Kier molecular flexibility index (Phi) is 11.3. The lowest BCUT2D eigenvalue weighted by Crippen LogP contribution is -2.16. The SMILES string of the molecule is C=C(C)C(=O)Oc1ccc(C(=C(CCC)CCC)c2ccc(OC(=O)C(C)C)c(OC(=O)C(=C)C)c2)cc1. The Morgan fingerprint density at radius 3 is 1.76 bits per heavy atom. The number of carbonyl (C=O) groups is 3. The zero-order valence-electron chi connectivity index (χ0n) is 23.3. The van der Waals surface area contributed by atoms with E-state index in [-0.39, 0.29) is 23.0 Å². The van der Waals surface area contributed by atoms with Crippen molar-refractivity contribution in [3.8, 4) is 17.2 Å². The molecule has 0 aliphatic heterocycles. The molecule has 6 heteroatoms. The van der Waals surface area contributed by atoms with Gasteiger partial charge in [-0.05, 0) is 67.7 Å². The Morgan fingerprint density at radius 2 is 1.26 bits per heavy atom. The molecule has 0 aliphatic rings. The summed E-state index contributed by atoms with van der Waals surface area (Å²) in [6.45, 7) is 18.2. The van der Waals surface area contributed by atoms with Crippen molar-refractivity contribution in [3.63, 3.8) is 0 Å². The lowest BCUT2D eigenvalue weighted by molar-refractivity contribution is -0.138. The van der Waals surface area contributed by atoms with Crippen molar-refractivity contribution in [1.29, 1.82) is 0 Å². The van der Waals surface area contributed by atoms with Gasteiger partial charge in [-0.2, -0.15) is 0 Å². The van der Waals surface area contributed by atoms with Crippen LogP contribution >= 0.6 is 0 Å². The van der Waals surface area contributed by atoms with Crippen molar-refractivity contribution in [1.82, 2.24) is 0 Å². The number of hydrogen-bond acceptors (Lipinski definition) is 6. The van der Waals surface area contributed by atoms with E-state index in [2.05, 4.69) is 27.0 Å². The molecule has 0 amide bonds. The third kappa shape index (κ3) is 8.30. The number of esters is 3. The number of allylic oxidation sites excluding steroid dienone is 1. The maximum atomic E-state index is 12.4. The van der Waals surface area contributed by atoms with E-state index < -0.39 is 17.9 Å². The van der Waals surface area contributed by atoms with Crippen LogP contribution < -0.4 is 14.2 Å². The largest absolute Gasteiger partial charge is 0.423 e. The Hall–Kier alpha value is -3.93. The van der Waals surface area contributed by atoms with Crippen LogP contribution in [0.3, 0.4) is 0 Å². The second kappa shape index (κ2) is 14.1. The first-order chi connectivity index (χ1) is 18.0. The zero-order chi connectivity index (χ0) is 28.4. The van der Waals surface area contributed by atoms with E-state index in [4.69, 9.17) is 14.2 Å². The third-order valence-corrected chi connectivity index (χ3v) is 5.62. The Morgan fingerprint density at radius 1 is 0.737 bits per heavy atom. The van der Waals surface area contributed by atoms with Gasteiger partial charge >= 0.3 is 17.9 Å². The van der Waals surface area contributed by atoms with E-state index >= 15 is 0 Å². The predicted octanol–water partition coefficient (Wildman–Crippen LogP) is 7.61. The van der Waals surface area contributed by atoms with Crippen molar-refractivity contribution in [2.75, 3.05) is 0 Å². The molecule has 2 rings (SSSR count). The molecule has 0 unspecified atom stereocenters. The maximum Gasteiger partial charge on any atom is 0.338 e. The highest BCUT2D eigenvalue weighted by Crippen LogP contribution is 2.38. The van der Waals surface area contributed by atoms with Crippen LogP contribution in [0.2, 0.25) is 0 Å². The van der Waals surface area contributed by atoms with Crippen molar-refractivity contribution in [3.05, 3.63) is 83.5 Å². The average Bonchev–Trinajstić information content (AvgIpc) is 2.86. The van der Waals surface area contributed by atoms with E-state index in [9.17, 15) is 14.4 Å². The van der Waals surface area contributed by atoms with Crippen molar-refractivity contribution >= 4 is 23.5 Å². The lowest BCUT2D eigenvalue weighted by Gasteiger charge is -2.19. The van der Waals surface area contributed by atoms with Gasteiger partial charge in [-0.15, -0.1) is 0 Å². The standard InChI is InChI=1S/C32H38O6/c1-9-11-23(12-10-2)29(24-13-16-26(17-14-24)36-30(33)20(3)4)25-15-18-27(37-31(34)21(5)6)28(19-25)38-32(35)22(7)8/h13-19,21H,3,7,9-12H2,1-2,4-6,8H3. The number of rotatable bonds is 12. The highest BCUT2D eigenvalue weighted by molar-refractivity contribution is 5.91. The molecule has 0 fully saturated rings. The van der Waals surface area contributed by atoms with Gasteiger partial charge in [0.25, 0.3) is 0 Å². The molecule has 202 valence electrons. The fraction of sp³-hybridized carbons (Fsp3) is 0.344. The van der Waals surface area contributed by atoms with Crippen LogP contribution in [0.4, 0.5) is 0 Å². The van der Waals surface area contributed by atoms with Gasteiger partial charge in [-0.1, -0.05) is 77.5 Å². The maximum absolute atomic E-state index is 12.4. The molecule has 0 aliphatic carbocycles. The van der Waals surface area contributed by atoms with Crippen LogP contribution in [-0.2, 0) is 14.4 Å².